The molecule has 0 spiro atoms. The van der Waals surface area contributed by atoms with Gasteiger partial charge in [-0.25, -0.2) is 0 Å². The van der Waals surface area contributed by atoms with Crippen molar-refractivity contribution in [2.24, 2.45) is 0 Å². The van der Waals surface area contributed by atoms with Gasteiger partial charge in [0.15, 0.2) is 0 Å². The summed E-state index contributed by atoms with van der Waals surface area (Å²) in [6, 6.07) is 8.69. The third-order valence-corrected chi connectivity index (χ3v) is 2.38. The summed E-state index contributed by atoms with van der Waals surface area (Å²) < 4.78 is 5.08. The van der Waals surface area contributed by atoms with E-state index in [9.17, 15) is 0 Å². The first-order valence-corrected chi connectivity index (χ1v) is 5.12. The molecule has 15 heavy (non-hydrogen) atoms. The first-order chi connectivity index (χ1) is 7.29. The highest BCUT2D eigenvalue weighted by Gasteiger charge is 2.01. The van der Waals surface area contributed by atoms with Gasteiger partial charge in [-0.15, -0.1) is 0 Å². The summed E-state index contributed by atoms with van der Waals surface area (Å²) in [5, 5.41) is 4.61. The molecule has 1 unspecified atom stereocenters. The Morgan fingerprint density at radius 1 is 1.40 bits per heavy atom. The lowest BCUT2D eigenvalue weighted by atomic mass is 10.2. The number of aromatic nitrogens is 1. The Kier molecular flexibility index (Phi) is 2.92. The van der Waals surface area contributed by atoms with Crippen molar-refractivity contribution in [2.45, 2.75) is 13.0 Å². The molecule has 1 aromatic carbocycles. The van der Waals surface area contributed by atoms with Gasteiger partial charge >= 0.3 is 0 Å². The second kappa shape index (κ2) is 4.36. The third kappa shape index (κ3) is 2.30. The van der Waals surface area contributed by atoms with Crippen molar-refractivity contribution in [2.75, 3.05) is 19.0 Å². The Bertz CT molecular complexity index is 436. The molecular weight excluding hydrogens is 188 g/mol. The summed E-state index contributed by atoms with van der Waals surface area (Å²) in [7, 11) is 1.72. The highest BCUT2D eigenvalue weighted by molar-refractivity contribution is 5.82. The molecule has 0 fully saturated rings. The number of anilines is 1. The zero-order valence-corrected chi connectivity index (χ0v) is 9.08. The van der Waals surface area contributed by atoms with Crippen LogP contribution in [0, 0.1) is 0 Å². The summed E-state index contributed by atoms with van der Waals surface area (Å²) in [4.78, 5) is 3.17. The molecule has 0 amide bonds. The van der Waals surface area contributed by atoms with Crippen LogP contribution in [0.1, 0.15) is 6.92 Å². The molecule has 2 N–H and O–H groups in total. The van der Waals surface area contributed by atoms with Crippen LogP contribution in [0.3, 0.4) is 0 Å². The Morgan fingerprint density at radius 3 is 3.07 bits per heavy atom. The number of fused-ring (bicyclic) bond motifs is 1. The summed E-state index contributed by atoms with van der Waals surface area (Å²) >= 11 is 0. The van der Waals surface area contributed by atoms with E-state index in [-0.39, 0.29) is 0 Å². The maximum absolute atomic E-state index is 5.08. The van der Waals surface area contributed by atoms with Crippen LogP contribution in [0.15, 0.2) is 30.5 Å². The van der Waals surface area contributed by atoms with E-state index in [1.54, 1.807) is 7.11 Å². The third-order valence-electron chi connectivity index (χ3n) is 2.38. The summed E-state index contributed by atoms with van der Waals surface area (Å²) in [5.74, 6) is 0. The van der Waals surface area contributed by atoms with Crippen molar-refractivity contribution in [3.05, 3.63) is 30.5 Å². The molecule has 0 aliphatic rings. The number of nitrogens with one attached hydrogen (secondary N) is 2. The highest BCUT2D eigenvalue weighted by atomic mass is 16.5. The van der Waals surface area contributed by atoms with E-state index >= 15 is 0 Å². The molecule has 3 heteroatoms. The molecule has 0 aliphatic carbocycles. The van der Waals surface area contributed by atoms with E-state index in [0.717, 1.165) is 5.69 Å². The molecule has 1 atom stereocenters. The number of benzene rings is 1. The molecule has 0 aliphatic heterocycles. The fourth-order valence-corrected chi connectivity index (χ4v) is 1.72. The molecular formula is C12H16N2O. The van der Waals surface area contributed by atoms with Crippen LogP contribution in [0.4, 0.5) is 5.69 Å². The monoisotopic (exact) mass is 204 g/mol. The van der Waals surface area contributed by atoms with E-state index in [2.05, 4.69) is 41.5 Å². The minimum absolute atomic E-state index is 0.325. The lowest BCUT2D eigenvalue weighted by Crippen LogP contribution is -2.20. The first-order valence-electron chi connectivity index (χ1n) is 5.12. The Hall–Kier alpha value is -1.48. The van der Waals surface area contributed by atoms with Gasteiger partial charge < -0.3 is 15.0 Å². The number of hydrogen-bond acceptors (Lipinski definition) is 2. The lowest BCUT2D eigenvalue weighted by molar-refractivity contribution is 0.190. The molecule has 1 heterocycles. The molecule has 0 radical (unpaired) electrons. The summed E-state index contributed by atoms with van der Waals surface area (Å²) in [5.41, 5.74) is 2.30. The summed E-state index contributed by atoms with van der Waals surface area (Å²) in [6.45, 7) is 2.82. The molecule has 3 nitrogen and oxygen atoms in total. The molecule has 0 bridgehead atoms. The molecule has 0 saturated heterocycles. The van der Waals surface area contributed by atoms with E-state index in [1.807, 2.05) is 6.20 Å². The standard InChI is InChI=1S/C12H16N2O/c1-9(8-15-2)14-11-3-4-12-10(7-11)5-6-13-12/h3-7,9,13-14H,8H2,1-2H3. The molecule has 1 aromatic heterocycles. The van der Waals surface area contributed by atoms with Gasteiger partial charge in [0, 0.05) is 35.9 Å². The predicted molar refractivity (Wildman–Crippen MR) is 63.3 cm³/mol. The zero-order valence-electron chi connectivity index (χ0n) is 9.08. The molecule has 0 saturated carbocycles. The van der Waals surface area contributed by atoms with Crippen LogP contribution in [-0.2, 0) is 4.74 Å². The fourth-order valence-electron chi connectivity index (χ4n) is 1.72. The summed E-state index contributed by atoms with van der Waals surface area (Å²) in [6.07, 6.45) is 1.95. The van der Waals surface area contributed by atoms with E-state index in [0.29, 0.717) is 12.6 Å². The largest absolute Gasteiger partial charge is 0.383 e. The number of ether oxygens (including phenoxy) is 1. The molecule has 80 valence electrons. The SMILES string of the molecule is COCC(C)Nc1ccc2[nH]ccc2c1. The average molecular weight is 204 g/mol. The Morgan fingerprint density at radius 2 is 2.27 bits per heavy atom. The minimum atomic E-state index is 0.325. The maximum atomic E-state index is 5.08. The minimum Gasteiger partial charge on any atom is -0.383 e. The number of methoxy groups -OCH3 is 1. The Balaban J connectivity index is 2.14. The Labute approximate surface area is 89.4 Å². The van der Waals surface area contributed by atoms with Crippen molar-refractivity contribution >= 4 is 16.6 Å². The van der Waals surface area contributed by atoms with E-state index in [1.165, 1.54) is 10.9 Å². The maximum Gasteiger partial charge on any atom is 0.0661 e. The smallest absolute Gasteiger partial charge is 0.0661 e. The molecule has 2 aromatic rings. The van der Waals surface area contributed by atoms with Crippen LogP contribution < -0.4 is 5.32 Å². The van der Waals surface area contributed by atoms with Crippen LogP contribution in [-0.4, -0.2) is 24.7 Å². The first kappa shape index (κ1) is 10.1. The second-order valence-electron chi connectivity index (χ2n) is 3.78. The number of hydrogen-bond donors (Lipinski definition) is 2. The van der Waals surface area contributed by atoms with Gasteiger partial charge in [-0.2, -0.15) is 0 Å². The second-order valence-corrected chi connectivity index (χ2v) is 3.78. The van der Waals surface area contributed by atoms with Gasteiger partial charge in [0.2, 0.25) is 0 Å². The normalized spacial score (nSPS) is 12.9. The number of aromatic amines is 1. The molecule has 2 rings (SSSR count). The van der Waals surface area contributed by atoms with Crippen molar-refractivity contribution in [1.82, 2.24) is 4.98 Å². The van der Waals surface area contributed by atoms with Gasteiger partial charge in [0.25, 0.3) is 0 Å². The number of rotatable bonds is 4. The van der Waals surface area contributed by atoms with Gasteiger partial charge in [0.05, 0.1) is 6.61 Å². The zero-order chi connectivity index (χ0) is 10.7. The van der Waals surface area contributed by atoms with Gasteiger partial charge in [-0.05, 0) is 31.2 Å². The lowest BCUT2D eigenvalue weighted by Gasteiger charge is -2.14. The predicted octanol–water partition coefficient (Wildman–Crippen LogP) is 2.61. The van der Waals surface area contributed by atoms with Gasteiger partial charge in [0.1, 0.15) is 0 Å². The van der Waals surface area contributed by atoms with E-state index < -0.39 is 0 Å². The van der Waals surface area contributed by atoms with Crippen LogP contribution >= 0.6 is 0 Å². The topological polar surface area (TPSA) is 37.0 Å². The van der Waals surface area contributed by atoms with Gasteiger partial charge in [-0.1, -0.05) is 0 Å². The van der Waals surface area contributed by atoms with Gasteiger partial charge in [-0.3, -0.25) is 0 Å². The number of H-pyrrole nitrogens is 1. The van der Waals surface area contributed by atoms with Crippen LogP contribution in [0.25, 0.3) is 10.9 Å². The van der Waals surface area contributed by atoms with Crippen LogP contribution in [0.2, 0.25) is 0 Å². The fraction of sp³-hybridized carbons (Fsp3) is 0.333. The average Bonchev–Trinajstić information content (AvgIpc) is 2.65. The van der Waals surface area contributed by atoms with Crippen molar-refractivity contribution < 1.29 is 4.74 Å². The van der Waals surface area contributed by atoms with Crippen molar-refractivity contribution in [1.29, 1.82) is 0 Å². The van der Waals surface area contributed by atoms with Crippen molar-refractivity contribution in [3.8, 4) is 0 Å². The highest BCUT2D eigenvalue weighted by Crippen LogP contribution is 2.18. The van der Waals surface area contributed by atoms with E-state index in [4.69, 9.17) is 4.74 Å². The quantitative estimate of drug-likeness (QED) is 0.803. The van der Waals surface area contributed by atoms with Crippen LogP contribution in [0.5, 0.6) is 0 Å². The van der Waals surface area contributed by atoms with Crippen molar-refractivity contribution in [3.63, 3.8) is 0 Å².